The van der Waals surface area contributed by atoms with Gasteiger partial charge in [0.2, 0.25) is 0 Å². The molecule has 0 bridgehead atoms. The number of allylic oxidation sites excluding steroid dienone is 1. The Morgan fingerprint density at radius 3 is 2.36 bits per heavy atom. The highest BCUT2D eigenvalue weighted by molar-refractivity contribution is 6.04. The summed E-state index contributed by atoms with van der Waals surface area (Å²) >= 11 is 0. The van der Waals surface area contributed by atoms with E-state index in [1.807, 2.05) is 65.8 Å². The normalized spacial score (nSPS) is 16.0. The topological polar surface area (TPSA) is 86.6 Å². The molecule has 0 aliphatic carbocycles. The largest absolute Gasteiger partial charge is 0.384 e. The van der Waals surface area contributed by atoms with Gasteiger partial charge in [0.05, 0.1) is 18.8 Å². The van der Waals surface area contributed by atoms with Crippen LogP contribution in [-0.4, -0.2) is 67.9 Å². The van der Waals surface area contributed by atoms with Crippen molar-refractivity contribution in [2.45, 2.75) is 59.1 Å². The fraction of sp³-hybridized carbons (Fsp3) is 0.615. The lowest BCUT2D eigenvalue weighted by Gasteiger charge is -2.28. The fourth-order valence-electron chi connectivity index (χ4n) is 3.52. The van der Waals surface area contributed by atoms with Gasteiger partial charge in [-0.3, -0.25) is 9.69 Å². The minimum atomic E-state index is -0.487. The molecule has 182 valence electrons. The van der Waals surface area contributed by atoms with E-state index in [2.05, 4.69) is 21.6 Å². The number of amides is 1. The summed E-state index contributed by atoms with van der Waals surface area (Å²) in [7, 11) is 0. The van der Waals surface area contributed by atoms with Gasteiger partial charge in [0.1, 0.15) is 11.6 Å². The van der Waals surface area contributed by atoms with E-state index in [0.29, 0.717) is 18.6 Å². The average molecular weight is 457 g/mol. The van der Waals surface area contributed by atoms with Gasteiger partial charge in [-0.2, -0.15) is 5.26 Å². The minimum absolute atomic E-state index is 0.132. The second-order valence-corrected chi connectivity index (χ2v) is 10.1. The Hall–Kier alpha value is -2.40. The van der Waals surface area contributed by atoms with Crippen LogP contribution in [0.1, 0.15) is 53.5 Å². The Kier molecular flexibility index (Phi) is 9.90. The third kappa shape index (κ3) is 9.55. The van der Waals surface area contributed by atoms with E-state index < -0.39 is 5.54 Å². The van der Waals surface area contributed by atoms with E-state index >= 15 is 0 Å². The minimum Gasteiger partial charge on any atom is -0.384 e. The van der Waals surface area contributed by atoms with Crippen LogP contribution in [0.2, 0.25) is 0 Å². The van der Waals surface area contributed by atoms with Crippen molar-refractivity contribution < 1.29 is 14.3 Å². The molecule has 2 rings (SSSR count). The van der Waals surface area contributed by atoms with Crippen LogP contribution in [0.4, 0.5) is 5.69 Å². The number of hydrogen-bond acceptors (Lipinski definition) is 6. The van der Waals surface area contributed by atoms with Crippen molar-refractivity contribution in [3.05, 3.63) is 35.4 Å². The highest BCUT2D eigenvalue weighted by Crippen LogP contribution is 2.22. The van der Waals surface area contributed by atoms with Crippen LogP contribution in [0.25, 0.3) is 5.57 Å². The van der Waals surface area contributed by atoms with Gasteiger partial charge >= 0.3 is 0 Å². The third-order valence-corrected chi connectivity index (χ3v) is 5.61. The van der Waals surface area contributed by atoms with Crippen LogP contribution in [0.3, 0.4) is 0 Å². The smallest absolute Gasteiger partial charge is 0.262 e. The number of morpholine rings is 1. The van der Waals surface area contributed by atoms with Crippen LogP contribution in [-0.2, 0) is 14.3 Å². The number of nitriles is 1. The van der Waals surface area contributed by atoms with Crippen molar-refractivity contribution in [3.63, 3.8) is 0 Å². The predicted molar refractivity (Wildman–Crippen MR) is 133 cm³/mol. The molecule has 0 radical (unpaired) electrons. The molecular formula is C26H40N4O3. The van der Waals surface area contributed by atoms with E-state index in [0.717, 1.165) is 50.6 Å². The molecular weight excluding hydrogens is 416 g/mol. The third-order valence-electron chi connectivity index (χ3n) is 5.61. The standard InChI is InChI=1S/C26H40N4O3/c1-20(23(19-27)24(31)29-26(5,6)11-16-33-25(2,3)4)21-7-9-22(10-8-21)28-12-13-30-14-17-32-18-15-30/h7-10,28H,11-18H2,1-6H3,(H,29,31)/b23-20+. The van der Waals surface area contributed by atoms with E-state index in [1.165, 1.54) is 0 Å². The fourth-order valence-corrected chi connectivity index (χ4v) is 3.52. The molecule has 1 aromatic rings. The average Bonchev–Trinajstić information content (AvgIpc) is 2.74. The van der Waals surface area contributed by atoms with Gasteiger partial charge in [-0.1, -0.05) is 12.1 Å². The van der Waals surface area contributed by atoms with Gasteiger partial charge in [0, 0.05) is 44.0 Å². The molecule has 1 amide bonds. The number of benzene rings is 1. The summed E-state index contributed by atoms with van der Waals surface area (Å²) in [5.74, 6) is -0.358. The number of carbonyl (C=O) groups is 1. The molecule has 1 heterocycles. The van der Waals surface area contributed by atoms with Gasteiger partial charge < -0.3 is 20.1 Å². The first-order chi connectivity index (χ1) is 15.5. The molecule has 2 N–H and O–H groups in total. The predicted octanol–water partition coefficient (Wildman–Crippen LogP) is 3.83. The van der Waals surface area contributed by atoms with Crippen molar-refractivity contribution in [3.8, 4) is 6.07 Å². The number of hydrogen-bond donors (Lipinski definition) is 2. The molecule has 1 fully saturated rings. The molecule has 7 nitrogen and oxygen atoms in total. The molecule has 0 saturated carbocycles. The molecule has 1 aliphatic rings. The molecule has 1 aromatic carbocycles. The molecule has 0 atom stereocenters. The first-order valence-corrected chi connectivity index (χ1v) is 11.7. The molecule has 1 saturated heterocycles. The highest BCUT2D eigenvalue weighted by Gasteiger charge is 2.24. The van der Waals surface area contributed by atoms with E-state index in [-0.39, 0.29) is 17.1 Å². The van der Waals surface area contributed by atoms with Gasteiger partial charge in [-0.05, 0) is 71.2 Å². The zero-order chi connectivity index (χ0) is 24.5. The number of anilines is 1. The summed E-state index contributed by atoms with van der Waals surface area (Å²) in [6.45, 7) is 17.6. The molecule has 0 aromatic heterocycles. The summed E-state index contributed by atoms with van der Waals surface area (Å²) in [4.78, 5) is 15.2. The zero-order valence-corrected chi connectivity index (χ0v) is 21.1. The van der Waals surface area contributed by atoms with Crippen LogP contribution < -0.4 is 10.6 Å². The van der Waals surface area contributed by atoms with Crippen molar-refractivity contribution >= 4 is 17.2 Å². The summed E-state index contributed by atoms with van der Waals surface area (Å²) in [6, 6.07) is 9.95. The van der Waals surface area contributed by atoms with Crippen molar-refractivity contribution in [2.24, 2.45) is 0 Å². The Morgan fingerprint density at radius 1 is 1.15 bits per heavy atom. The quantitative estimate of drug-likeness (QED) is 0.411. The Balaban J connectivity index is 1.94. The number of rotatable bonds is 10. The van der Waals surface area contributed by atoms with E-state index in [9.17, 15) is 10.1 Å². The van der Waals surface area contributed by atoms with Gasteiger partial charge in [-0.15, -0.1) is 0 Å². The maximum absolute atomic E-state index is 12.9. The number of nitrogens with one attached hydrogen (secondary N) is 2. The lowest BCUT2D eigenvalue weighted by molar-refractivity contribution is -0.118. The maximum atomic E-state index is 12.9. The lowest BCUT2D eigenvalue weighted by atomic mass is 9.97. The second kappa shape index (κ2) is 12.2. The molecule has 7 heteroatoms. The first-order valence-electron chi connectivity index (χ1n) is 11.7. The lowest BCUT2D eigenvalue weighted by Crippen LogP contribution is -2.45. The monoisotopic (exact) mass is 456 g/mol. The van der Waals surface area contributed by atoms with Crippen LogP contribution in [0.15, 0.2) is 29.8 Å². The summed E-state index contributed by atoms with van der Waals surface area (Å²) in [6.07, 6.45) is 0.651. The summed E-state index contributed by atoms with van der Waals surface area (Å²) < 4.78 is 11.2. The van der Waals surface area contributed by atoms with Crippen molar-refractivity contribution in [1.82, 2.24) is 10.2 Å². The second-order valence-electron chi connectivity index (χ2n) is 10.1. The Morgan fingerprint density at radius 2 is 1.79 bits per heavy atom. The van der Waals surface area contributed by atoms with Gasteiger partial charge in [0.25, 0.3) is 5.91 Å². The molecule has 0 spiro atoms. The van der Waals surface area contributed by atoms with Crippen LogP contribution in [0.5, 0.6) is 0 Å². The molecule has 0 unspecified atom stereocenters. The van der Waals surface area contributed by atoms with E-state index in [4.69, 9.17) is 9.47 Å². The molecule has 33 heavy (non-hydrogen) atoms. The molecule has 1 aliphatic heterocycles. The first kappa shape index (κ1) is 26.8. The van der Waals surface area contributed by atoms with Crippen LogP contribution in [0, 0.1) is 11.3 Å². The SMILES string of the molecule is C/C(=C(/C#N)C(=O)NC(C)(C)CCOC(C)(C)C)c1ccc(NCCN2CCOCC2)cc1. The number of nitrogens with zero attached hydrogens (tertiary/aromatic N) is 2. The summed E-state index contributed by atoms with van der Waals surface area (Å²) in [5.41, 5.74) is 1.96. The van der Waals surface area contributed by atoms with Crippen molar-refractivity contribution in [1.29, 1.82) is 5.26 Å². The number of carbonyl (C=O) groups excluding carboxylic acids is 1. The van der Waals surface area contributed by atoms with Crippen molar-refractivity contribution in [2.75, 3.05) is 51.3 Å². The van der Waals surface area contributed by atoms with E-state index in [1.54, 1.807) is 0 Å². The summed E-state index contributed by atoms with van der Waals surface area (Å²) in [5, 5.41) is 16.1. The Labute approximate surface area is 199 Å². The highest BCUT2D eigenvalue weighted by atomic mass is 16.5. The van der Waals surface area contributed by atoms with Crippen LogP contribution >= 0.6 is 0 Å². The zero-order valence-electron chi connectivity index (χ0n) is 21.1. The van der Waals surface area contributed by atoms with Gasteiger partial charge in [0.15, 0.2) is 0 Å². The Bertz CT molecular complexity index is 842. The van der Waals surface area contributed by atoms with Gasteiger partial charge in [-0.25, -0.2) is 0 Å². The maximum Gasteiger partial charge on any atom is 0.262 e. The number of ether oxygens (including phenoxy) is 2.